The average molecular weight is 417 g/mol. The Morgan fingerprint density at radius 3 is 2.70 bits per heavy atom. The summed E-state index contributed by atoms with van der Waals surface area (Å²) in [4.78, 5) is 7.33. The SMILES string of the molecule is CN1CCN2c3c(cccc31)C1CN(CCc3ccccc3OC(F)(F)F)CCC12. The molecule has 0 saturated carbocycles. The van der Waals surface area contributed by atoms with Crippen molar-refractivity contribution < 1.29 is 17.9 Å². The Labute approximate surface area is 174 Å². The monoisotopic (exact) mass is 417 g/mol. The third-order valence-electron chi connectivity index (χ3n) is 6.78. The van der Waals surface area contributed by atoms with E-state index in [1.54, 1.807) is 18.2 Å². The zero-order valence-corrected chi connectivity index (χ0v) is 17.0. The fraction of sp³-hybridized carbons (Fsp3) is 0.478. The zero-order valence-electron chi connectivity index (χ0n) is 17.0. The topological polar surface area (TPSA) is 19.0 Å². The van der Waals surface area contributed by atoms with E-state index < -0.39 is 6.36 Å². The molecule has 5 rings (SSSR count). The van der Waals surface area contributed by atoms with Crippen molar-refractivity contribution in [2.75, 3.05) is 49.6 Å². The molecule has 160 valence electrons. The Balaban J connectivity index is 1.30. The van der Waals surface area contributed by atoms with Gasteiger partial charge in [0.1, 0.15) is 5.75 Å². The summed E-state index contributed by atoms with van der Waals surface area (Å²) >= 11 is 0. The number of hydrogen-bond acceptors (Lipinski definition) is 4. The van der Waals surface area contributed by atoms with Crippen LogP contribution >= 0.6 is 0 Å². The highest BCUT2D eigenvalue weighted by Crippen LogP contribution is 2.50. The van der Waals surface area contributed by atoms with E-state index in [1.165, 1.54) is 23.0 Å². The minimum atomic E-state index is -4.66. The molecule has 0 N–H and O–H groups in total. The quantitative estimate of drug-likeness (QED) is 0.740. The number of para-hydroxylation sites is 2. The molecule has 0 radical (unpaired) electrons. The summed E-state index contributed by atoms with van der Waals surface area (Å²) in [7, 11) is 2.15. The zero-order chi connectivity index (χ0) is 20.9. The van der Waals surface area contributed by atoms with E-state index in [0.29, 0.717) is 23.9 Å². The van der Waals surface area contributed by atoms with Gasteiger partial charge in [0.2, 0.25) is 0 Å². The molecule has 3 aliphatic heterocycles. The Morgan fingerprint density at radius 1 is 1.03 bits per heavy atom. The summed E-state index contributed by atoms with van der Waals surface area (Å²) in [5.74, 6) is 0.373. The maximum atomic E-state index is 12.7. The summed E-state index contributed by atoms with van der Waals surface area (Å²) in [6.07, 6.45) is -3.03. The Morgan fingerprint density at radius 2 is 1.87 bits per heavy atom. The van der Waals surface area contributed by atoms with Gasteiger partial charge in [-0.1, -0.05) is 30.3 Å². The number of benzene rings is 2. The summed E-state index contributed by atoms with van der Waals surface area (Å²) in [6.45, 7) is 4.75. The first kappa shape index (κ1) is 19.5. The van der Waals surface area contributed by atoms with Crippen LogP contribution in [0.3, 0.4) is 0 Å². The lowest BCUT2D eigenvalue weighted by atomic mass is 9.89. The number of likely N-dealkylation sites (tertiary alicyclic amines) is 1. The van der Waals surface area contributed by atoms with Crippen LogP contribution in [0.1, 0.15) is 23.5 Å². The first-order chi connectivity index (χ1) is 14.4. The van der Waals surface area contributed by atoms with E-state index in [2.05, 4.69) is 44.7 Å². The standard InChI is InChI=1S/C23H26F3N3O/c1-27-13-14-29-19-10-12-28(15-18(19)17-6-4-7-20(27)22(17)29)11-9-16-5-2-3-8-21(16)30-23(24,25)26/h2-8,18-19H,9-15H2,1H3. The minimum absolute atomic E-state index is 0.0872. The normalized spacial score (nSPS) is 23.3. The van der Waals surface area contributed by atoms with Gasteiger partial charge in [-0.2, -0.15) is 0 Å². The van der Waals surface area contributed by atoms with Crippen molar-refractivity contribution in [2.45, 2.75) is 31.2 Å². The van der Waals surface area contributed by atoms with E-state index >= 15 is 0 Å². The molecular formula is C23H26F3N3O. The van der Waals surface area contributed by atoms with Crippen molar-refractivity contribution in [3.63, 3.8) is 0 Å². The maximum Gasteiger partial charge on any atom is 0.573 e. The largest absolute Gasteiger partial charge is 0.573 e. The van der Waals surface area contributed by atoms with E-state index in [9.17, 15) is 13.2 Å². The Hall–Kier alpha value is -2.41. The number of likely N-dealkylation sites (N-methyl/N-ethyl adjacent to an activating group) is 1. The number of fused-ring (bicyclic) bond motifs is 3. The molecular weight excluding hydrogens is 391 g/mol. The third-order valence-corrected chi connectivity index (χ3v) is 6.78. The molecule has 1 fully saturated rings. The number of halogens is 3. The van der Waals surface area contributed by atoms with Gasteiger partial charge in [0.05, 0.1) is 11.4 Å². The number of ether oxygens (including phenoxy) is 1. The molecule has 0 bridgehead atoms. The predicted octanol–water partition coefficient (Wildman–Crippen LogP) is 4.26. The van der Waals surface area contributed by atoms with Crippen molar-refractivity contribution in [1.29, 1.82) is 0 Å². The van der Waals surface area contributed by atoms with Crippen LogP contribution in [0.2, 0.25) is 0 Å². The van der Waals surface area contributed by atoms with Crippen LogP contribution in [0.15, 0.2) is 42.5 Å². The van der Waals surface area contributed by atoms with Crippen molar-refractivity contribution in [2.24, 2.45) is 0 Å². The molecule has 3 aliphatic rings. The number of anilines is 2. The molecule has 0 aromatic heterocycles. The molecule has 2 unspecified atom stereocenters. The molecule has 4 nitrogen and oxygen atoms in total. The van der Waals surface area contributed by atoms with Gasteiger partial charge < -0.3 is 19.4 Å². The number of alkyl halides is 3. The summed E-state index contributed by atoms with van der Waals surface area (Å²) in [5.41, 5.74) is 4.74. The fourth-order valence-electron chi connectivity index (χ4n) is 5.39. The fourth-order valence-corrected chi connectivity index (χ4v) is 5.39. The molecule has 3 heterocycles. The second-order valence-corrected chi connectivity index (χ2v) is 8.50. The summed E-state index contributed by atoms with van der Waals surface area (Å²) < 4.78 is 42.3. The highest BCUT2D eigenvalue weighted by atomic mass is 19.4. The first-order valence-corrected chi connectivity index (χ1v) is 10.6. The first-order valence-electron chi connectivity index (χ1n) is 10.6. The van der Waals surface area contributed by atoms with Gasteiger partial charge in [0, 0.05) is 51.7 Å². The highest BCUT2D eigenvalue weighted by Gasteiger charge is 2.44. The number of hydrogen-bond donors (Lipinski definition) is 0. The molecule has 2 atom stereocenters. The van der Waals surface area contributed by atoms with Gasteiger partial charge in [-0.25, -0.2) is 0 Å². The average Bonchev–Trinajstić information content (AvgIpc) is 3.03. The highest BCUT2D eigenvalue weighted by molar-refractivity contribution is 5.80. The van der Waals surface area contributed by atoms with Crippen LogP contribution < -0.4 is 14.5 Å². The predicted molar refractivity (Wildman–Crippen MR) is 111 cm³/mol. The van der Waals surface area contributed by atoms with Crippen LogP contribution in [0.4, 0.5) is 24.5 Å². The van der Waals surface area contributed by atoms with E-state index in [1.807, 2.05) is 0 Å². The van der Waals surface area contributed by atoms with Gasteiger partial charge in [-0.15, -0.1) is 13.2 Å². The molecule has 0 aliphatic carbocycles. The Bertz CT molecular complexity index is 932. The molecule has 1 saturated heterocycles. The summed E-state index contributed by atoms with van der Waals surface area (Å²) in [5, 5.41) is 0. The van der Waals surface area contributed by atoms with Crippen LogP contribution in [-0.2, 0) is 6.42 Å². The lowest BCUT2D eigenvalue weighted by Gasteiger charge is -2.41. The van der Waals surface area contributed by atoms with Crippen LogP contribution in [0, 0.1) is 0 Å². The lowest BCUT2D eigenvalue weighted by molar-refractivity contribution is -0.274. The van der Waals surface area contributed by atoms with Gasteiger partial charge >= 0.3 is 6.36 Å². The maximum absolute atomic E-state index is 12.7. The van der Waals surface area contributed by atoms with Crippen molar-refractivity contribution in [1.82, 2.24) is 4.90 Å². The van der Waals surface area contributed by atoms with E-state index in [0.717, 1.165) is 39.1 Å². The third kappa shape index (κ3) is 3.49. The Kier molecular flexibility index (Phi) is 4.81. The second kappa shape index (κ2) is 7.38. The van der Waals surface area contributed by atoms with Gasteiger partial charge in [-0.3, -0.25) is 0 Å². The smallest absolute Gasteiger partial charge is 0.406 e. The minimum Gasteiger partial charge on any atom is -0.406 e. The van der Waals surface area contributed by atoms with Crippen LogP contribution in [0.25, 0.3) is 0 Å². The lowest BCUT2D eigenvalue weighted by Crippen LogP contribution is -2.49. The summed E-state index contributed by atoms with van der Waals surface area (Å²) in [6, 6.07) is 13.6. The van der Waals surface area contributed by atoms with E-state index in [4.69, 9.17) is 0 Å². The molecule has 0 spiro atoms. The molecule has 2 aromatic carbocycles. The molecule has 30 heavy (non-hydrogen) atoms. The second-order valence-electron chi connectivity index (χ2n) is 8.50. The van der Waals surface area contributed by atoms with Crippen molar-refractivity contribution >= 4 is 11.4 Å². The van der Waals surface area contributed by atoms with Gasteiger partial charge in [-0.05, 0) is 36.1 Å². The number of nitrogens with zero attached hydrogens (tertiary/aromatic N) is 3. The van der Waals surface area contributed by atoms with Gasteiger partial charge in [0.15, 0.2) is 0 Å². The molecule has 0 amide bonds. The van der Waals surface area contributed by atoms with Crippen LogP contribution in [0.5, 0.6) is 5.75 Å². The van der Waals surface area contributed by atoms with Gasteiger partial charge in [0.25, 0.3) is 0 Å². The molecule has 7 heteroatoms. The van der Waals surface area contributed by atoms with Crippen LogP contribution in [-0.4, -0.2) is 57.1 Å². The number of piperidine rings is 1. The van der Waals surface area contributed by atoms with E-state index in [-0.39, 0.29) is 5.75 Å². The van der Waals surface area contributed by atoms with Crippen molar-refractivity contribution in [3.8, 4) is 5.75 Å². The number of rotatable bonds is 4. The molecule has 2 aromatic rings. The van der Waals surface area contributed by atoms with Crippen molar-refractivity contribution in [3.05, 3.63) is 53.6 Å².